The van der Waals surface area contributed by atoms with Crippen LogP contribution in [-0.2, 0) is 0 Å². The highest BCUT2D eigenvalue weighted by Crippen LogP contribution is 2.29. The molecule has 5 aromatic rings. The van der Waals surface area contributed by atoms with E-state index in [9.17, 15) is 0 Å². The molecule has 0 N–H and O–H groups in total. The van der Waals surface area contributed by atoms with E-state index in [0.29, 0.717) is 0 Å². The molecule has 124 valence electrons. The molecule has 0 fully saturated rings. The van der Waals surface area contributed by atoms with Crippen molar-refractivity contribution >= 4 is 5.65 Å². The quantitative estimate of drug-likeness (QED) is 0.447. The summed E-state index contributed by atoms with van der Waals surface area (Å²) >= 11 is 0. The minimum atomic E-state index is 0.845. The van der Waals surface area contributed by atoms with Crippen LogP contribution in [0.4, 0.5) is 0 Å². The third-order valence-corrected chi connectivity index (χ3v) is 4.45. The second kappa shape index (κ2) is 6.01. The maximum absolute atomic E-state index is 5.53. The molecule has 4 nitrogen and oxygen atoms in total. The van der Waals surface area contributed by atoms with Gasteiger partial charge >= 0.3 is 0 Å². The number of rotatable bonds is 3. The van der Waals surface area contributed by atoms with Gasteiger partial charge in [-0.25, -0.2) is 9.50 Å². The lowest BCUT2D eigenvalue weighted by atomic mass is 10.1. The number of hydrogen-bond acceptors (Lipinski definition) is 3. The zero-order valence-electron chi connectivity index (χ0n) is 13.9. The fraction of sp³-hybridized carbons (Fsp3) is 0. The molecule has 0 aliphatic rings. The molecule has 0 unspecified atom stereocenters. The fourth-order valence-electron chi connectivity index (χ4n) is 3.21. The SMILES string of the molecule is c1ccc(-c2cnn3c(-c4cccc(-c5ccco5)c4)ccnc23)cc1. The molecule has 0 saturated carbocycles. The summed E-state index contributed by atoms with van der Waals surface area (Å²) in [5.41, 5.74) is 6.07. The molecule has 26 heavy (non-hydrogen) atoms. The van der Waals surface area contributed by atoms with Crippen LogP contribution in [0.2, 0.25) is 0 Å². The van der Waals surface area contributed by atoms with Crippen molar-refractivity contribution in [1.82, 2.24) is 14.6 Å². The van der Waals surface area contributed by atoms with Crippen molar-refractivity contribution in [3.05, 3.63) is 91.5 Å². The van der Waals surface area contributed by atoms with Gasteiger partial charge in [0.1, 0.15) is 5.76 Å². The second-order valence-electron chi connectivity index (χ2n) is 6.05. The van der Waals surface area contributed by atoms with Gasteiger partial charge in [0.25, 0.3) is 0 Å². The van der Waals surface area contributed by atoms with Crippen LogP contribution >= 0.6 is 0 Å². The highest BCUT2D eigenvalue weighted by Gasteiger charge is 2.12. The Bertz CT molecular complexity index is 1170. The second-order valence-corrected chi connectivity index (χ2v) is 6.05. The van der Waals surface area contributed by atoms with Gasteiger partial charge in [0.2, 0.25) is 0 Å². The molecule has 0 atom stereocenters. The highest BCUT2D eigenvalue weighted by atomic mass is 16.3. The lowest BCUT2D eigenvalue weighted by molar-refractivity contribution is 0.582. The summed E-state index contributed by atoms with van der Waals surface area (Å²) in [6.07, 6.45) is 5.39. The van der Waals surface area contributed by atoms with Gasteiger partial charge in [-0.2, -0.15) is 5.10 Å². The van der Waals surface area contributed by atoms with Crippen LogP contribution in [0.5, 0.6) is 0 Å². The third-order valence-electron chi connectivity index (χ3n) is 4.45. The Morgan fingerprint density at radius 1 is 0.769 bits per heavy atom. The summed E-state index contributed by atoms with van der Waals surface area (Å²) in [5.74, 6) is 0.850. The first kappa shape index (κ1) is 14.7. The molecule has 0 spiro atoms. The van der Waals surface area contributed by atoms with Gasteiger partial charge < -0.3 is 4.42 Å². The van der Waals surface area contributed by atoms with E-state index in [4.69, 9.17) is 4.42 Å². The number of hydrogen-bond donors (Lipinski definition) is 0. The number of nitrogens with zero attached hydrogens (tertiary/aromatic N) is 3. The smallest absolute Gasteiger partial charge is 0.163 e. The van der Waals surface area contributed by atoms with Gasteiger partial charge in [0.05, 0.1) is 18.2 Å². The summed E-state index contributed by atoms with van der Waals surface area (Å²) in [6, 6.07) is 24.3. The fourth-order valence-corrected chi connectivity index (χ4v) is 3.21. The molecule has 2 aromatic carbocycles. The Morgan fingerprint density at radius 3 is 2.46 bits per heavy atom. The van der Waals surface area contributed by atoms with Crippen molar-refractivity contribution in [3.8, 4) is 33.7 Å². The topological polar surface area (TPSA) is 43.3 Å². The molecule has 0 bridgehead atoms. The Morgan fingerprint density at radius 2 is 1.62 bits per heavy atom. The molecule has 4 heteroatoms. The Kier molecular flexibility index (Phi) is 3.39. The average Bonchev–Trinajstić information content (AvgIpc) is 3.38. The number of fused-ring (bicyclic) bond motifs is 1. The Hall–Kier alpha value is -3.66. The Labute approximate surface area is 150 Å². The molecular formula is C22H15N3O. The summed E-state index contributed by atoms with van der Waals surface area (Å²) in [4.78, 5) is 4.56. The largest absolute Gasteiger partial charge is 0.464 e. The summed E-state index contributed by atoms with van der Waals surface area (Å²) in [7, 11) is 0. The van der Waals surface area contributed by atoms with Crippen molar-refractivity contribution in [3.63, 3.8) is 0 Å². The van der Waals surface area contributed by atoms with Gasteiger partial charge in [0.15, 0.2) is 5.65 Å². The predicted molar refractivity (Wildman–Crippen MR) is 102 cm³/mol. The summed E-state index contributed by atoms with van der Waals surface area (Å²) < 4.78 is 7.42. The number of aromatic nitrogens is 3. The zero-order chi connectivity index (χ0) is 17.3. The first-order valence-corrected chi connectivity index (χ1v) is 8.43. The van der Waals surface area contributed by atoms with Crippen LogP contribution in [0.25, 0.3) is 39.4 Å². The molecule has 0 radical (unpaired) electrons. The molecular weight excluding hydrogens is 322 g/mol. The molecule has 0 saturated heterocycles. The van der Waals surface area contributed by atoms with E-state index >= 15 is 0 Å². The maximum atomic E-state index is 5.53. The minimum absolute atomic E-state index is 0.845. The lowest BCUT2D eigenvalue weighted by Gasteiger charge is -2.07. The number of benzene rings is 2. The van der Waals surface area contributed by atoms with Crippen molar-refractivity contribution < 1.29 is 4.42 Å². The summed E-state index contributed by atoms with van der Waals surface area (Å²) in [6.45, 7) is 0. The maximum Gasteiger partial charge on any atom is 0.163 e. The van der Waals surface area contributed by atoms with E-state index in [2.05, 4.69) is 34.3 Å². The lowest BCUT2D eigenvalue weighted by Crippen LogP contribution is -1.96. The minimum Gasteiger partial charge on any atom is -0.464 e. The third kappa shape index (κ3) is 2.40. The van der Waals surface area contributed by atoms with Crippen LogP contribution in [0.1, 0.15) is 0 Å². The average molecular weight is 337 g/mol. The van der Waals surface area contributed by atoms with Gasteiger partial charge in [-0.3, -0.25) is 0 Å². The van der Waals surface area contributed by atoms with Gasteiger partial charge in [-0.15, -0.1) is 0 Å². The highest BCUT2D eigenvalue weighted by molar-refractivity contribution is 5.79. The van der Waals surface area contributed by atoms with Gasteiger partial charge in [-0.1, -0.05) is 48.5 Å². The molecule has 0 amide bonds. The first-order chi connectivity index (χ1) is 12.9. The molecule has 0 aliphatic carbocycles. The van der Waals surface area contributed by atoms with Crippen LogP contribution in [0.3, 0.4) is 0 Å². The molecule has 0 aliphatic heterocycles. The van der Waals surface area contributed by atoms with Crippen molar-refractivity contribution in [2.75, 3.05) is 0 Å². The van der Waals surface area contributed by atoms with E-state index in [1.165, 1.54) is 0 Å². The molecule has 5 rings (SSSR count). The van der Waals surface area contributed by atoms with Crippen LogP contribution in [0, 0.1) is 0 Å². The number of furan rings is 1. The standard InChI is InChI=1S/C22H15N3O/c1-2-6-16(7-3-1)19-15-24-25-20(11-12-23-22(19)25)17-8-4-9-18(14-17)21-10-5-13-26-21/h1-15H. The normalized spacial score (nSPS) is 11.1. The van der Waals surface area contributed by atoms with E-state index in [1.807, 2.05) is 65.4 Å². The first-order valence-electron chi connectivity index (χ1n) is 8.43. The van der Waals surface area contributed by atoms with E-state index in [-0.39, 0.29) is 0 Å². The van der Waals surface area contributed by atoms with E-state index in [0.717, 1.165) is 39.4 Å². The van der Waals surface area contributed by atoms with Crippen molar-refractivity contribution in [2.45, 2.75) is 0 Å². The summed E-state index contributed by atoms with van der Waals surface area (Å²) in [5, 5.41) is 4.59. The Balaban J connectivity index is 1.67. The van der Waals surface area contributed by atoms with Crippen molar-refractivity contribution in [2.24, 2.45) is 0 Å². The monoisotopic (exact) mass is 337 g/mol. The van der Waals surface area contributed by atoms with Gasteiger partial charge in [-0.05, 0) is 29.8 Å². The predicted octanol–water partition coefficient (Wildman–Crippen LogP) is 5.32. The zero-order valence-corrected chi connectivity index (χ0v) is 13.9. The van der Waals surface area contributed by atoms with E-state index < -0.39 is 0 Å². The van der Waals surface area contributed by atoms with Crippen LogP contribution in [-0.4, -0.2) is 14.6 Å². The van der Waals surface area contributed by atoms with Gasteiger partial charge in [0, 0.05) is 22.9 Å². The van der Waals surface area contributed by atoms with Crippen molar-refractivity contribution in [1.29, 1.82) is 0 Å². The molecule has 3 heterocycles. The van der Waals surface area contributed by atoms with E-state index in [1.54, 1.807) is 6.26 Å². The van der Waals surface area contributed by atoms with Crippen LogP contribution < -0.4 is 0 Å². The molecule has 3 aromatic heterocycles. The van der Waals surface area contributed by atoms with Crippen LogP contribution in [0.15, 0.2) is 95.9 Å².